The van der Waals surface area contributed by atoms with Crippen LogP contribution in [0.5, 0.6) is 5.75 Å². The van der Waals surface area contributed by atoms with E-state index in [4.69, 9.17) is 14.5 Å². The summed E-state index contributed by atoms with van der Waals surface area (Å²) in [5.74, 6) is 1.17. The molecule has 1 atom stereocenters. The van der Waals surface area contributed by atoms with Gasteiger partial charge >= 0.3 is 0 Å². The van der Waals surface area contributed by atoms with Gasteiger partial charge in [-0.2, -0.15) is 0 Å². The van der Waals surface area contributed by atoms with Crippen molar-refractivity contribution in [2.75, 3.05) is 7.11 Å². The van der Waals surface area contributed by atoms with Crippen LogP contribution in [0.15, 0.2) is 34.2 Å². The van der Waals surface area contributed by atoms with Gasteiger partial charge in [-0.15, -0.1) is 11.3 Å². The molecule has 0 aliphatic carbocycles. The van der Waals surface area contributed by atoms with Crippen LogP contribution < -0.4 is 10.3 Å². The molecule has 3 heterocycles. The third kappa shape index (κ3) is 3.83. The predicted octanol–water partition coefficient (Wildman–Crippen LogP) is 5.05. The Bertz CT molecular complexity index is 1080. The lowest BCUT2D eigenvalue weighted by Crippen LogP contribution is -2.28. The summed E-state index contributed by atoms with van der Waals surface area (Å²) in [6.45, 7) is 9.11. The van der Waals surface area contributed by atoms with Crippen molar-refractivity contribution in [1.29, 1.82) is 0 Å². The SMILES string of the molecule is COc1ccc(-n2c(SC(C)C)nc3sc4c(c3c2=O)C[C@H](C(C)C)OC4)cc1. The van der Waals surface area contributed by atoms with Crippen molar-refractivity contribution in [1.82, 2.24) is 9.55 Å². The Balaban J connectivity index is 1.93. The number of methoxy groups -OCH3 is 1. The molecule has 1 aliphatic rings. The maximum Gasteiger partial charge on any atom is 0.267 e. The molecule has 1 aromatic carbocycles. The van der Waals surface area contributed by atoms with Crippen LogP contribution >= 0.6 is 23.1 Å². The van der Waals surface area contributed by atoms with E-state index in [9.17, 15) is 4.79 Å². The largest absolute Gasteiger partial charge is 0.497 e. The van der Waals surface area contributed by atoms with Crippen molar-refractivity contribution in [3.63, 3.8) is 0 Å². The van der Waals surface area contributed by atoms with E-state index >= 15 is 0 Å². The molecule has 0 N–H and O–H groups in total. The van der Waals surface area contributed by atoms with E-state index in [0.29, 0.717) is 17.8 Å². The van der Waals surface area contributed by atoms with Gasteiger partial charge in [0.1, 0.15) is 10.6 Å². The molecule has 0 bridgehead atoms. The molecule has 2 aromatic heterocycles. The summed E-state index contributed by atoms with van der Waals surface area (Å²) in [7, 11) is 1.64. The van der Waals surface area contributed by atoms with Gasteiger partial charge in [0, 0.05) is 16.5 Å². The topological polar surface area (TPSA) is 53.4 Å². The van der Waals surface area contributed by atoms with Crippen LogP contribution in [-0.4, -0.2) is 28.0 Å². The highest BCUT2D eigenvalue weighted by Gasteiger charge is 2.28. The molecule has 0 unspecified atom stereocenters. The average Bonchev–Trinajstić information content (AvgIpc) is 3.05. The maximum atomic E-state index is 13.7. The summed E-state index contributed by atoms with van der Waals surface area (Å²) in [5.41, 5.74) is 1.93. The summed E-state index contributed by atoms with van der Waals surface area (Å²) >= 11 is 3.20. The molecule has 0 saturated carbocycles. The minimum Gasteiger partial charge on any atom is -0.497 e. The molecular weight excluding hydrogens is 404 g/mol. The second-order valence-corrected chi connectivity index (χ2v) is 10.5. The highest BCUT2D eigenvalue weighted by molar-refractivity contribution is 7.99. The van der Waals surface area contributed by atoms with Crippen molar-refractivity contribution in [3.8, 4) is 11.4 Å². The number of fused-ring (bicyclic) bond motifs is 3. The first-order valence-corrected chi connectivity index (χ1v) is 11.6. The van der Waals surface area contributed by atoms with Crippen LogP contribution in [0.25, 0.3) is 15.9 Å². The molecule has 0 fully saturated rings. The van der Waals surface area contributed by atoms with Gasteiger partial charge in [0.2, 0.25) is 0 Å². The molecule has 0 spiro atoms. The minimum absolute atomic E-state index is 0.00484. The van der Waals surface area contributed by atoms with E-state index in [2.05, 4.69) is 27.7 Å². The van der Waals surface area contributed by atoms with Gasteiger partial charge in [-0.25, -0.2) is 4.98 Å². The molecule has 5 nitrogen and oxygen atoms in total. The van der Waals surface area contributed by atoms with E-state index < -0.39 is 0 Å². The van der Waals surface area contributed by atoms with E-state index in [1.165, 1.54) is 0 Å². The zero-order chi connectivity index (χ0) is 20.7. The van der Waals surface area contributed by atoms with Crippen molar-refractivity contribution >= 4 is 33.3 Å². The molecule has 154 valence electrons. The van der Waals surface area contributed by atoms with Gasteiger partial charge in [0.05, 0.1) is 30.9 Å². The van der Waals surface area contributed by atoms with Crippen LogP contribution in [0, 0.1) is 5.92 Å². The van der Waals surface area contributed by atoms with Crippen LogP contribution in [0.4, 0.5) is 0 Å². The van der Waals surface area contributed by atoms with Crippen LogP contribution in [0.3, 0.4) is 0 Å². The lowest BCUT2D eigenvalue weighted by atomic mass is 9.96. The first-order chi connectivity index (χ1) is 13.9. The number of hydrogen-bond acceptors (Lipinski definition) is 6. The van der Waals surface area contributed by atoms with E-state index in [1.807, 2.05) is 24.3 Å². The second-order valence-electron chi connectivity index (χ2n) is 7.88. The van der Waals surface area contributed by atoms with Crippen LogP contribution in [0.1, 0.15) is 38.1 Å². The second kappa shape index (κ2) is 8.13. The first-order valence-electron chi connectivity index (χ1n) is 9.89. The normalized spacial score (nSPS) is 16.6. The molecule has 1 aliphatic heterocycles. The summed E-state index contributed by atoms with van der Waals surface area (Å²) in [6, 6.07) is 7.58. The Morgan fingerprint density at radius 2 is 1.97 bits per heavy atom. The lowest BCUT2D eigenvalue weighted by molar-refractivity contribution is 0.00200. The predicted molar refractivity (Wildman–Crippen MR) is 120 cm³/mol. The Morgan fingerprint density at radius 3 is 2.59 bits per heavy atom. The van der Waals surface area contributed by atoms with Gasteiger partial charge in [-0.3, -0.25) is 9.36 Å². The third-order valence-corrected chi connectivity index (χ3v) is 7.18. The van der Waals surface area contributed by atoms with Crippen molar-refractivity contribution < 1.29 is 9.47 Å². The number of benzene rings is 1. The van der Waals surface area contributed by atoms with E-state index in [-0.39, 0.29) is 11.7 Å². The fourth-order valence-corrected chi connectivity index (χ4v) is 5.62. The van der Waals surface area contributed by atoms with Crippen molar-refractivity contribution in [2.45, 2.75) is 57.2 Å². The fourth-order valence-electron chi connectivity index (χ4n) is 3.58. The van der Waals surface area contributed by atoms with Gasteiger partial charge in [-0.1, -0.05) is 39.5 Å². The molecule has 0 radical (unpaired) electrons. The quantitative estimate of drug-likeness (QED) is 0.419. The Kier molecular flexibility index (Phi) is 5.73. The summed E-state index contributed by atoms with van der Waals surface area (Å²) in [6.07, 6.45) is 0.905. The molecule has 0 amide bonds. The first kappa shape index (κ1) is 20.4. The highest BCUT2D eigenvalue weighted by atomic mass is 32.2. The van der Waals surface area contributed by atoms with E-state index in [0.717, 1.165) is 43.7 Å². The summed E-state index contributed by atoms with van der Waals surface area (Å²) in [5, 5.41) is 1.79. The number of ether oxygens (including phenoxy) is 2. The minimum atomic E-state index is 0.00484. The maximum absolute atomic E-state index is 13.7. The van der Waals surface area contributed by atoms with Gasteiger partial charge in [-0.05, 0) is 35.7 Å². The fraction of sp³-hybridized carbons (Fsp3) is 0.455. The zero-order valence-electron chi connectivity index (χ0n) is 17.4. The van der Waals surface area contributed by atoms with Crippen molar-refractivity contribution in [2.24, 2.45) is 5.92 Å². The van der Waals surface area contributed by atoms with Crippen molar-refractivity contribution in [3.05, 3.63) is 45.1 Å². The Hall–Kier alpha value is -1.83. The molecule has 29 heavy (non-hydrogen) atoms. The number of aromatic nitrogens is 2. The van der Waals surface area contributed by atoms with Gasteiger partial charge in [0.15, 0.2) is 5.16 Å². The molecule has 3 aromatic rings. The number of thiophene rings is 1. The molecule has 7 heteroatoms. The smallest absolute Gasteiger partial charge is 0.267 e. The summed E-state index contributed by atoms with van der Waals surface area (Å²) < 4.78 is 13.1. The molecule has 4 rings (SSSR count). The van der Waals surface area contributed by atoms with E-state index in [1.54, 1.807) is 34.8 Å². The average molecular weight is 431 g/mol. The zero-order valence-corrected chi connectivity index (χ0v) is 19.0. The Morgan fingerprint density at radius 1 is 1.24 bits per heavy atom. The number of hydrogen-bond donors (Lipinski definition) is 0. The Labute approximate surface area is 179 Å². The monoisotopic (exact) mass is 430 g/mol. The van der Waals surface area contributed by atoms with Crippen LogP contribution in [0.2, 0.25) is 0 Å². The highest BCUT2D eigenvalue weighted by Crippen LogP contribution is 2.36. The number of thioether (sulfide) groups is 1. The standard InChI is InChI=1S/C22H26N2O3S2/c1-12(2)17-10-16-18(11-27-17)29-20-19(16)21(25)24(22(23-20)28-13(3)4)14-6-8-15(26-5)9-7-14/h6-9,12-13,17H,10-11H2,1-5H3/t17-/m1/s1. The number of nitrogens with zero attached hydrogens (tertiary/aromatic N) is 2. The summed E-state index contributed by atoms with van der Waals surface area (Å²) in [4.78, 5) is 20.6. The molecular formula is C22H26N2O3S2. The van der Waals surface area contributed by atoms with Gasteiger partial charge < -0.3 is 9.47 Å². The van der Waals surface area contributed by atoms with Crippen LogP contribution in [-0.2, 0) is 17.8 Å². The molecule has 0 saturated heterocycles. The van der Waals surface area contributed by atoms with Gasteiger partial charge in [0.25, 0.3) is 5.56 Å². The number of rotatable bonds is 5. The third-order valence-electron chi connectivity index (χ3n) is 5.13. The lowest BCUT2D eigenvalue weighted by Gasteiger charge is -2.26.